The number of aryl methyl sites for hydroxylation is 1. The highest BCUT2D eigenvalue weighted by Crippen LogP contribution is 2.15. The topological polar surface area (TPSA) is 106 Å². The third-order valence-electron chi connectivity index (χ3n) is 3.67. The van der Waals surface area contributed by atoms with Crippen molar-refractivity contribution in [1.29, 1.82) is 0 Å². The number of carbonyl (C=O) groups is 1. The molecule has 0 aliphatic rings. The molecule has 0 radical (unpaired) electrons. The van der Waals surface area contributed by atoms with E-state index < -0.39 is 11.6 Å². The van der Waals surface area contributed by atoms with E-state index in [9.17, 15) is 9.59 Å². The Morgan fingerprint density at radius 2 is 2.17 bits per heavy atom. The molecule has 24 heavy (non-hydrogen) atoms. The molecule has 8 heteroatoms. The van der Waals surface area contributed by atoms with Crippen LogP contribution in [0.4, 0.5) is 0 Å². The van der Waals surface area contributed by atoms with Crippen molar-refractivity contribution in [1.82, 2.24) is 30.0 Å². The minimum atomic E-state index is -0.555. The van der Waals surface area contributed by atoms with Crippen molar-refractivity contribution in [3.05, 3.63) is 52.6 Å². The summed E-state index contributed by atoms with van der Waals surface area (Å²) >= 11 is 0. The highest BCUT2D eigenvalue weighted by molar-refractivity contribution is 6.04. The molecule has 2 heterocycles. The lowest BCUT2D eigenvalue weighted by Gasteiger charge is -2.14. The zero-order valence-electron chi connectivity index (χ0n) is 13.5. The zero-order valence-corrected chi connectivity index (χ0v) is 13.5. The molecule has 3 rings (SSSR count). The van der Waals surface area contributed by atoms with E-state index in [0.717, 1.165) is 13.0 Å². The molecule has 0 aliphatic heterocycles. The van der Waals surface area contributed by atoms with Gasteiger partial charge in [-0.05, 0) is 19.4 Å². The van der Waals surface area contributed by atoms with Gasteiger partial charge in [0.2, 0.25) is 0 Å². The maximum absolute atomic E-state index is 12.6. The van der Waals surface area contributed by atoms with Crippen molar-refractivity contribution in [3.8, 4) is 0 Å². The van der Waals surface area contributed by atoms with Crippen molar-refractivity contribution in [2.24, 2.45) is 0 Å². The third kappa shape index (κ3) is 3.03. The van der Waals surface area contributed by atoms with Crippen molar-refractivity contribution in [2.75, 3.05) is 0 Å². The van der Waals surface area contributed by atoms with E-state index in [1.165, 1.54) is 6.33 Å². The second kappa shape index (κ2) is 6.61. The minimum Gasteiger partial charge on any atom is -0.341 e. The van der Waals surface area contributed by atoms with Gasteiger partial charge in [0.05, 0.1) is 11.6 Å². The fourth-order valence-electron chi connectivity index (χ4n) is 2.60. The van der Waals surface area contributed by atoms with Crippen LogP contribution in [-0.2, 0) is 6.54 Å². The number of aromatic nitrogens is 5. The van der Waals surface area contributed by atoms with Crippen LogP contribution in [0.3, 0.4) is 0 Å². The van der Waals surface area contributed by atoms with Gasteiger partial charge in [0.1, 0.15) is 17.8 Å². The molecule has 124 valence electrons. The molecule has 1 atom stereocenters. The molecular formula is C16H18N6O2. The minimum absolute atomic E-state index is 0.0998. The summed E-state index contributed by atoms with van der Waals surface area (Å²) in [7, 11) is 0. The predicted molar refractivity (Wildman–Crippen MR) is 88.6 cm³/mol. The molecule has 0 aliphatic carbocycles. The Labute approximate surface area is 137 Å². The average Bonchev–Trinajstić information content (AvgIpc) is 3.02. The SMILES string of the molecule is CCCn1ncnc1C(C)NC(=O)c1nc(=O)[nH]c2ccccc12. The number of nitrogens with one attached hydrogen (secondary N) is 2. The Hall–Kier alpha value is -3.03. The molecule has 1 aromatic carbocycles. The van der Waals surface area contributed by atoms with Crippen LogP contribution >= 0.6 is 0 Å². The molecule has 2 N–H and O–H groups in total. The van der Waals surface area contributed by atoms with E-state index in [0.29, 0.717) is 16.7 Å². The Morgan fingerprint density at radius 3 is 2.96 bits per heavy atom. The van der Waals surface area contributed by atoms with Gasteiger partial charge in [-0.15, -0.1) is 0 Å². The lowest BCUT2D eigenvalue weighted by atomic mass is 10.1. The van der Waals surface area contributed by atoms with Gasteiger partial charge in [0.15, 0.2) is 0 Å². The Balaban J connectivity index is 1.90. The predicted octanol–water partition coefficient (Wildman–Crippen LogP) is 1.42. The van der Waals surface area contributed by atoms with Gasteiger partial charge in [0, 0.05) is 11.9 Å². The quantitative estimate of drug-likeness (QED) is 0.737. The number of para-hydroxylation sites is 1. The molecule has 1 unspecified atom stereocenters. The standard InChI is InChI=1S/C16H18N6O2/c1-3-8-22-14(17-9-18-22)10(2)19-15(23)13-11-6-4-5-7-12(11)20-16(24)21-13/h4-7,9-10H,3,8H2,1-2H3,(H,19,23)(H,20,21,24). The third-order valence-corrected chi connectivity index (χ3v) is 3.67. The smallest absolute Gasteiger partial charge is 0.341 e. The molecular weight excluding hydrogens is 308 g/mol. The van der Waals surface area contributed by atoms with Crippen LogP contribution in [-0.4, -0.2) is 30.6 Å². The number of rotatable bonds is 5. The van der Waals surface area contributed by atoms with E-state index >= 15 is 0 Å². The zero-order chi connectivity index (χ0) is 17.1. The van der Waals surface area contributed by atoms with Crippen LogP contribution in [0.15, 0.2) is 35.4 Å². The molecule has 0 bridgehead atoms. The largest absolute Gasteiger partial charge is 0.346 e. The van der Waals surface area contributed by atoms with E-state index in [1.807, 2.05) is 13.8 Å². The Morgan fingerprint density at radius 1 is 1.38 bits per heavy atom. The van der Waals surface area contributed by atoms with Crippen LogP contribution in [0.2, 0.25) is 0 Å². The summed E-state index contributed by atoms with van der Waals surface area (Å²) < 4.78 is 1.76. The van der Waals surface area contributed by atoms with Gasteiger partial charge in [-0.2, -0.15) is 10.1 Å². The molecule has 3 aromatic rings. The number of nitrogens with zero attached hydrogens (tertiary/aromatic N) is 4. The van der Waals surface area contributed by atoms with Crippen molar-refractivity contribution in [2.45, 2.75) is 32.9 Å². The van der Waals surface area contributed by atoms with E-state index in [2.05, 4.69) is 25.4 Å². The lowest BCUT2D eigenvalue weighted by molar-refractivity contribution is 0.0934. The first kappa shape index (κ1) is 15.9. The van der Waals surface area contributed by atoms with Crippen molar-refractivity contribution in [3.63, 3.8) is 0 Å². The molecule has 1 amide bonds. The van der Waals surface area contributed by atoms with E-state index in [1.54, 1.807) is 28.9 Å². The van der Waals surface area contributed by atoms with Gasteiger partial charge in [-0.25, -0.2) is 14.5 Å². The fraction of sp³-hybridized carbons (Fsp3) is 0.312. The summed E-state index contributed by atoms with van der Waals surface area (Å²) in [4.78, 5) is 34.9. The summed E-state index contributed by atoms with van der Waals surface area (Å²) in [5.41, 5.74) is 0.118. The van der Waals surface area contributed by atoms with Gasteiger partial charge in [-0.3, -0.25) is 4.79 Å². The highest BCUT2D eigenvalue weighted by Gasteiger charge is 2.19. The second-order valence-corrected chi connectivity index (χ2v) is 5.47. The van der Waals surface area contributed by atoms with E-state index in [4.69, 9.17) is 0 Å². The Kier molecular flexibility index (Phi) is 4.37. The number of amides is 1. The van der Waals surface area contributed by atoms with Crippen molar-refractivity contribution < 1.29 is 4.79 Å². The molecule has 0 saturated heterocycles. The summed E-state index contributed by atoms with van der Waals surface area (Å²) in [5.74, 6) is 0.246. The molecule has 8 nitrogen and oxygen atoms in total. The maximum atomic E-state index is 12.6. The fourth-order valence-corrected chi connectivity index (χ4v) is 2.60. The molecule has 0 spiro atoms. The van der Waals surface area contributed by atoms with Crippen LogP contribution in [0.5, 0.6) is 0 Å². The summed E-state index contributed by atoms with van der Waals surface area (Å²) in [6, 6.07) is 6.70. The first-order chi connectivity index (χ1) is 11.6. The lowest BCUT2D eigenvalue weighted by Crippen LogP contribution is -2.31. The number of hydrogen-bond donors (Lipinski definition) is 2. The number of H-pyrrole nitrogens is 1. The first-order valence-corrected chi connectivity index (χ1v) is 7.77. The normalized spacial score (nSPS) is 12.2. The molecule has 0 saturated carbocycles. The van der Waals surface area contributed by atoms with Crippen LogP contribution in [0.1, 0.15) is 42.6 Å². The highest BCUT2D eigenvalue weighted by atomic mass is 16.2. The summed E-state index contributed by atoms with van der Waals surface area (Å²) in [6.45, 7) is 4.59. The van der Waals surface area contributed by atoms with Crippen LogP contribution in [0.25, 0.3) is 10.9 Å². The van der Waals surface area contributed by atoms with Crippen LogP contribution in [0, 0.1) is 0 Å². The monoisotopic (exact) mass is 326 g/mol. The van der Waals surface area contributed by atoms with Crippen molar-refractivity contribution >= 4 is 16.8 Å². The average molecular weight is 326 g/mol. The number of carbonyl (C=O) groups excluding carboxylic acids is 1. The van der Waals surface area contributed by atoms with Gasteiger partial charge in [0.25, 0.3) is 5.91 Å². The number of aromatic amines is 1. The van der Waals surface area contributed by atoms with Gasteiger partial charge in [-0.1, -0.05) is 25.1 Å². The summed E-state index contributed by atoms with van der Waals surface area (Å²) in [5, 5.41) is 7.59. The number of benzene rings is 1. The molecule has 0 fully saturated rings. The van der Waals surface area contributed by atoms with Crippen LogP contribution < -0.4 is 11.0 Å². The second-order valence-electron chi connectivity index (χ2n) is 5.47. The maximum Gasteiger partial charge on any atom is 0.346 e. The Bertz CT molecular complexity index is 929. The number of hydrogen-bond acceptors (Lipinski definition) is 5. The van der Waals surface area contributed by atoms with Gasteiger partial charge >= 0.3 is 5.69 Å². The molecule has 2 aromatic heterocycles. The number of fused-ring (bicyclic) bond motifs is 1. The van der Waals surface area contributed by atoms with E-state index in [-0.39, 0.29) is 11.7 Å². The van der Waals surface area contributed by atoms with Gasteiger partial charge < -0.3 is 10.3 Å². The summed E-state index contributed by atoms with van der Waals surface area (Å²) in [6.07, 6.45) is 2.38. The first-order valence-electron chi connectivity index (χ1n) is 7.77.